The fraction of sp³-hybridized carbons (Fsp3) is 0.353. The number of ether oxygens (including phenoxy) is 1. The molecule has 6 nitrogen and oxygen atoms in total. The number of hydrogen-bond acceptors (Lipinski definition) is 5. The van der Waals surface area contributed by atoms with E-state index in [2.05, 4.69) is 24.1 Å². The lowest BCUT2D eigenvalue weighted by molar-refractivity contribution is -0.114. The van der Waals surface area contributed by atoms with Gasteiger partial charge in [0.25, 0.3) is 5.85 Å². The summed E-state index contributed by atoms with van der Waals surface area (Å²) in [5, 5.41) is 4.63. The van der Waals surface area contributed by atoms with Crippen molar-refractivity contribution in [2.24, 2.45) is 0 Å². The maximum Gasteiger partial charge on any atom is 0.288 e. The molecule has 0 radical (unpaired) electrons. The first kappa shape index (κ1) is 14.1. The van der Waals surface area contributed by atoms with E-state index in [1.54, 1.807) is 0 Å². The molecule has 120 valence electrons. The van der Waals surface area contributed by atoms with Crippen LogP contribution in [-0.2, 0) is 9.63 Å². The Labute approximate surface area is 134 Å². The number of nitrogens with zero attached hydrogens (tertiary/aromatic N) is 2. The number of amides is 1. The van der Waals surface area contributed by atoms with E-state index in [1.165, 1.54) is 6.92 Å². The molecule has 3 aliphatic rings. The van der Waals surface area contributed by atoms with Crippen molar-refractivity contribution in [2.45, 2.75) is 32.2 Å². The lowest BCUT2D eigenvalue weighted by Crippen LogP contribution is -2.53. The zero-order chi connectivity index (χ0) is 16.2. The number of carbonyl (C=O) groups excluding carboxylic acids is 1. The molecule has 0 spiro atoms. The second kappa shape index (κ2) is 4.52. The van der Waals surface area contributed by atoms with E-state index in [-0.39, 0.29) is 11.5 Å². The Morgan fingerprint density at radius 1 is 1.30 bits per heavy atom. The predicted molar refractivity (Wildman–Crippen MR) is 86.7 cm³/mol. The summed E-state index contributed by atoms with van der Waals surface area (Å²) in [5.74, 6) is 0.0824. The van der Waals surface area contributed by atoms with E-state index < -0.39 is 5.85 Å². The van der Waals surface area contributed by atoms with Crippen LogP contribution in [-0.4, -0.2) is 29.0 Å². The third kappa shape index (κ3) is 2.26. The number of carbonyl (C=O) groups is 1. The minimum atomic E-state index is -0.598. The minimum Gasteiger partial charge on any atom is -0.484 e. The summed E-state index contributed by atoms with van der Waals surface area (Å²) in [4.78, 5) is 19.3. The Bertz CT molecular complexity index is 741. The molecule has 1 unspecified atom stereocenters. The van der Waals surface area contributed by atoms with Crippen molar-refractivity contribution >= 4 is 17.3 Å². The van der Waals surface area contributed by atoms with Gasteiger partial charge in [0.1, 0.15) is 11.4 Å². The van der Waals surface area contributed by atoms with Gasteiger partial charge in [-0.3, -0.25) is 4.79 Å². The number of benzene rings is 1. The zero-order valence-corrected chi connectivity index (χ0v) is 13.4. The van der Waals surface area contributed by atoms with Gasteiger partial charge in [-0.1, -0.05) is 6.08 Å². The number of hydrogen-bond donors (Lipinski definition) is 1. The van der Waals surface area contributed by atoms with Gasteiger partial charge in [0, 0.05) is 18.8 Å². The molecule has 0 bridgehead atoms. The SMILES string of the molecule is CC(=O)Nc1ccc2c(c1)N(C13C=CC=CN1O3)CC(C)(C)O2. The molecule has 1 aromatic rings. The number of allylic oxidation sites excluding steroid dienone is 2. The maximum absolute atomic E-state index is 11.3. The molecule has 1 fully saturated rings. The first-order valence-corrected chi connectivity index (χ1v) is 7.62. The maximum atomic E-state index is 11.3. The molecule has 0 aliphatic carbocycles. The van der Waals surface area contributed by atoms with Gasteiger partial charge in [-0.15, -0.1) is 0 Å². The molecule has 1 saturated heterocycles. The normalized spacial score (nSPS) is 26.2. The zero-order valence-electron chi connectivity index (χ0n) is 13.4. The van der Waals surface area contributed by atoms with Crippen LogP contribution in [0.3, 0.4) is 0 Å². The van der Waals surface area contributed by atoms with E-state index in [9.17, 15) is 4.79 Å². The lowest BCUT2D eigenvalue weighted by Gasteiger charge is -2.42. The summed E-state index contributed by atoms with van der Waals surface area (Å²) >= 11 is 0. The molecule has 1 aromatic carbocycles. The van der Waals surface area contributed by atoms with Crippen molar-refractivity contribution in [1.82, 2.24) is 5.06 Å². The molecular formula is C17H19N3O3. The number of anilines is 2. The van der Waals surface area contributed by atoms with Crippen LogP contribution in [0.15, 0.2) is 42.6 Å². The Morgan fingerprint density at radius 3 is 2.87 bits per heavy atom. The first-order chi connectivity index (χ1) is 10.9. The molecule has 1 amide bonds. The third-order valence-electron chi connectivity index (χ3n) is 4.04. The van der Waals surface area contributed by atoms with Crippen LogP contribution in [0.5, 0.6) is 5.75 Å². The van der Waals surface area contributed by atoms with E-state index in [4.69, 9.17) is 9.57 Å². The van der Waals surface area contributed by atoms with Crippen molar-refractivity contribution in [1.29, 1.82) is 0 Å². The topological polar surface area (TPSA) is 57.1 Å². The van der Waals surface area contributed by atoms with Gasteiger partial charge in [-0.2, -0.15) is 5.06 Å². The molecule has 4 rings (SSSR count). The van der Waals surface area contributed by atoms with Gasteiger partial charge in [0.15, 0.2) is 0 Å². The van der Waals surface area contributed by atoms with Gasteiger partial charge in [0.05, 0.1) is 12.2 Å². The monoisotopic (exact) mass is 313 g/mol. The molecule has 1 N–H and O–H groups in total. The van der Waals surface area contributed by atoms with E-state index in [0.717, 1.165) is 17.1 Å². The summed E-state index contributed by atoms with van der Waals surface area (Å²) in [7, 11) is 0. The molecule has 23 heavy (non-hydrogen) atoms. The van der Waals surface area contributed by atoms with Crippen LogP contribution < -0.4 is 15.0 Å². The van der Waals surface area contributed by atoms with Crippen LogP contribution in [0.25, 0.3) is 0 Å². The van der Waals surface area contributed by atoms with Gasteiger partial charge >= 0.3 is 0 Å². The highest BCUT2D eigenvalue weighted by Gasteiger charge is 2.60. The van der Waals surface area contributed by atoms with Gasteiger partial charge in [-0.25, -0.2) is 4.84 Å². The van der Waals surface area contributed by atoms with Crippen molar-refractivity contribution < 1.29 is 14.4 Å². The Balaban J connectivity index is 1.77. The van der Waals surface area contributed by atoms with Gasteiger partial charge in [0.2, 0.25) is 5.91 Å². The Kier molecular flexibility index (Phi) is 2.78. The average molecular weight is 313 g/mol. The van der Waals surface area contributed by atoms with Gasteiger partial charge in [-0.05, 0) is 44.2 Å². The summed E-state index contributed by atoms with van der Waals surface area (Å²) in [5.41, 5.74) is 1.30. The number of fused-ring (bicyclic) bond motifs is 2. The van der Waals surface area contributed by atoms with Crippen molar-refractivity contribution in [2.75, 3.05) is 16.8 Å². The van der Waals surface area contributed by atoms with Crippen LogP contribution in [0, 0.1) is 0 Å². The summed E-state index contributed by atoms with van der Waals surface area (Å²) < 4.78 is 6.09. The molecule has 3 aliphatic heterocycles. The summed E-state index contributed by atoms with van der Waals surface area (Å²) in [6, 6.07) is 5.66. The van der Waals surface area contributed by atoms with Crippen LogP contribution in [0.2, 0.25) is 0 Å². The number of rotatable bonds is 2. The fourth-order valence-corrected chi connectivity index (χ4v) is 3.11. The molecule has 0 saturated carbocycles. The summed E-state index contributed by atoms with van der Waals surface area (Å²) in [6.45, 7) is 6.26. The van der Waals surface area contributed by atoms with E-state index in [0.29, 0.717) is 6.54 Å². The fourth-order valence-electron chi connectivity index (χ4n) is 3.11. The molecule has 6 heteroatoms. The van der Waals surface area contributed by atoms with Crippen LogP contribution >= 0.6 is 0 Å². The highest BCUT2D eigenvalue weighted by molar-refractivity contribution is 5.89. The third-order valence-corrected chi connectivity index (χ3v) is 4.04. The average Bonchev–Trinajstić information content (AvgIpc) is 3.21. The van der Waals surface area contributed by atoms with Crippen molar-refractivity contribution in [3.05, 3.63) is 42.6 Å². The lowest BCUT2D eigenvalue weighted by atomic mass is 10.0. The minimum absolute atomic E-state index is 0.100. The predicted octanol–water partition coefficient (Wildman–Crippen LogP) is 2.61. The second-order valence-corrected chi connectivity index (χ2v) is 6.59. The van der Waals surface area contributed by atoms with E-state index in [1.807, 2.05) is 47.7 Å². The molecular weight excluding hydrogens is 294 g/mol. The number of hydroxylamine groups is 2. The van der Waals surface area contributed by atoms with Crippen LogP contribution in [0.4, 0.5) is 11.4 Å². The quantitative estimate of drug-likeness (QED) is 0.851. The Hall–Kier alpha value is -2.47. The standard InChI is InChI=1S/C17H19N3O3/c1-12(21)18-13-6-7-15-14(10-13)19(11-16(2,3)22-15)17-8-4-5-9-20(17)23-17/h4-10H,11H2,1-3H3,(H,18,21). The largest absolute Gasteiger partial charge is 0.484 e. The summed E-state index contributed by atoms with van der Waals surface area (Å²) in [6.07, 6.45) is 7.83. The smallest absolute Gasteiger partial charge is 0.288 e. The molecule has 3 heterocycles. The highest BCUT2D eigenvalue weighted by Crippen LogP contribution is 2.50. The van der Waals surface area contributed by atoms with Crippen molar-refractivity contribution in [3.63, 3.8) is 0 Å². The van der Waals surface area contributed by atoms with Gasteiger partial charge < -0.3 is 15.0 Å². The van der Waals surface area contributed by atoms with E-state index >= 15 is 0 Å². The number of nitrogens with one attached hydrogen (secondary N) is 1. The van der Waals surface area contributed by atoms with Crippen molar-refractivity contribution in [3.8, 4) is 5.75 Å². The first-order valence-electron chi connectivity index (χ1n) is 7.62. The Morgan fingerprint density at radius 2 is 2.13 bits per heavy atom. The highest BCUT2D eigenvalue weighted by atomic mass is 16.9. The van der Waals surface area contributed by atoms with Crippen LogP contribution in [0.1, 0.15) is 20.8 Å². The molecule has 0 aromatic heterocycles. The molecule has 1 atom stereocenters. The second-order valence-electron chi connectivity index (χ2n) is 6.59.